The van der Waals surface area contributed by atoms with Crippen molar-refractivity contribution in [2.24, 2.45) is 5.92 Å². The molecule has 112 valence electrons. The fourth-order valence-corrected chi connectivity index (χ4v) is 2.86. The van der Waals surface area contributed by atoms with Crippen molar-refractivity contribution in [2.45, 2.75) is 44.3 Å². The molecule has 0 radical (unpaired) electrons. The van der Waals surface area contributed by atoms with Gasteiger partial charge in [-0.15, -0.1) is 0 Å². The Morgan fingerprint density at radius 2 is 1.80 bits per heavy atom. The number of nitrogens with one attached hydrogen (secondary N) is 1. The van der Waals surface area contributed by atoms with E-state index in [1.807, 2.05) is 0 Å². The van der Waals surface area contributed by atoms with E-state index in [9.17, 15) is 17.6 Å². The van der Waals surface area contributed by atoms with Crippen LogP contribution in [0.2, 0.25) is 0 Å². The quantitative estimate of drug-likeness (QED) is 0.824. The molecule has 0 amide bonds. The maximum Gasteiger partial charge on any atom is 0.393 e. The van der Waals surface area contributed by atoms with Crippen LogP contribution in [0.5, 0.6) is 0 Å². The molecule has 5 heteroatoms. The van der Waals surface area contributed by atoms with Gasteiger partial charge in [-0.1, -0.05) is 31.0 Å². The van der Waals surface area contributed by atoms with Crippen molar-refractivity contribution in [3.05, 3.63) is 35.6 Å². The second kappa shape index (κ2) is 6.57. The van der Waals surface area contributed by atoms with Crippen molar-refractivity contribution >= 4 is 0 Å². The Labute approximate surface area is 116 Å². The maximum atomic E-state index is 13.4. The normalized spacial score (nSPS) is 23.8. The lowest BCUT2D eigenvalue weighted by Crippen LogP contribution is -2.46. The van der Waals surface area contributed by atoms with E-state index >= 15 is 0 Å². The Kier molecular flexibility index (Phi) is 5.02. The third-order valence-electron chi connectivity index (χ3n) is 3.95. The van der Waals surface area contributed by atoms with E-state index in [1.165, 1.54) is 6.07 Å². The molecule has 0 aliphatic heterocycles. The zero-order chi connectivity index (χ0) is 14.6. The van der Waals surface area contributed by atoms with Gasteiger partial charge in [-0.25, -0.2) is 4.39 Å². The highest BCUT2D eigenvalue weighted by Gasteiger charge is 2.45. The van der Waals surface area contributed by atoms with E-state index < -0.39 is 18.1 Å². The Balaban J connectivity index is 1.87. The highest BCUT2D eigenvalue weighted by Crippen LogP contribution is 2.37. The topological polar surface area (TPSA) is 12.0 Å². The van der Waals surface area contributed by atoms with Crippen LogP contribution in [0.4, 0.5) is 17.6 Å². The van der Waals surface area contributed by atoms with Gasteiger partial charge in [-0.2, -0.15) is 13.2 Å². The molecule has 0 saturated heterocycles. The van der Waals surface area contributed by atoms with Crippen LogP contribution in [0, 0.1) is 11.7 Å². The number of rotatable bonds is 4. The van der Waals surface area contributed by atoms with Crippen molar-refractivity contribution in [2.75, 3.05) is 6.54 Å². The molecule has 0 aromatic heterocycles. The minimum Gasteiger partial charge on any atom is -0.313 e. The van der Waals surface area contributed by atoms with Crippen molar-refractivity contribution in [1.29, 1.82) is 0 Å². The number of halogens is 4. The second-order valence-corrected chi connectivity index (χ2v) is 5.33. The average Bonchev–Trinajstić information content (AvgIpc) is 2.40. The van der Waals surface area contributed by atoms with Gasteiger partial charge in [0.2, 0.25) is 0 Å². The van der Waals surface area contributed by atoms with E-state index in [0.717, 1.165) is 6.42 Å². The molecule has 2 rings (SSSR count). The van der Waals surface area contributed by atoms with Crippen molar-refractivity contribution in [1.82, 2.24) is 5.32 Å². The molecule has 1 aliphatic carbocycles. The molecule has 2 unspecified atom stereocenters. The summed E-state index contributed by atoms with van der Waals surface area (Å²) < 4.78 is 52.1. The summed E-state index contributed by atoms with van der Waals surface area (Å²) in [6.45, 7) is 0.373. The van der Waals surface area contributed by atoms with Gasteiger partial charge in [0, 0.05) is 6.04 Å². The fourth-order valence-electron chi connectivity index (χ4n) is 2.86. The van der Waals surface area contributed by atoms with Gasteiger partial charge in [0.05, 0.1) is 5.92 Å². The summed E-state index contributed by atoms with van der Waals surface area (Å²) >= 11 is 0. The van der Waals surface area contributed by atoms with Crippen molar-refractivity contribution in [3.63, 3.8) is 0 Å². The first-order valence-corrected chi connectivity index (χ1v) is 7.02. The second-order valence-electron chi connectivity index (χ2n) is 5.33. The fraction of sp³-hybridized carbons (Fsp3) is 0.600. The predicted octanol–water partition coefficient (Wildman–Crippen LogP) is 4.08. The molecule has 1 nitrogen and oxygen atoms in total. The Morgan fingerprint density at radius 1 is 1.10 bits per heavy atom. The van der Waals surface area contributed by atoms with Crippen LogP contribution in [0.1, 0.15) is 31.2 Å². The maximum absolute atomic E-state index is 13.4. The van der Waals surface area contributed by atoms with Crippen LogP contribution >= 0.6 is 0 Å². The molecule has 0 heterocycles. The Morgan fingerprint density at radius 3 is 2.50 bits per heavy atom. The number of hydrogen-bond donors (Lipinski definition) is 1. The van der Waals surface area contributed by atoms with Crippen LogP contribution in [0.25, 0.3) is 0 Å². The zero-order valence-electron chi connectivity index (χ0n) is 11.2. The molecular formula is C15H19F4N. The Hall–Kier alpha value is -1.10. The Bertz CT molecular complexity index is 430. The minimum atomic E-state index is -4.14. The first-order chi connectivity index (χ1) is 9.48. The molecule has 1 aromatic rings. The highest BCUT2D eigenvalue weighted by molar-refractivity contribution is 5.17. The van der Waals surface area contributed by atoms with Gasteiger partial charge < -0.3 is 5.32 Å². The third-order valence-corrected chi connectivity index (χ3v) is 3.95. The average molecular weight is 289 g/mol. The summed E-state index contributed by atoms with van der Waals surface area (Å²) in [5.74, 6) is -1.57. The van der Waals surface area contributed by atoms with Crippen LogP contribution in [0.3, 0.4) is 0 Å². The SMILES string of the molecule is Fc1ccccc1CCNC1CCCCC1C(F)(F)F. The van der Waals surface area contributed by atoms with E-state index in [0.29, 0.717) is 31.4 Å². The largest absolute Gasteiger partial charge is 0.393 e. The summed E-state index contributed by atoms with van der Waals surface area (Å²) in [5.41, 5.74) is 0.541. The molecule has 1 saturated carbocycles. The highest BCUT2D eigenvalue weighted by atomic mass is 19.4. The number of alkyl halides is 3. The third kappa shape index (κ3) is 3.95. The van der Waals surface area contributed by atoms with Crippen molar-refractivity contribution in [3.8, 4) is 0 Å². The van der Waals surface area contributed by atoms with Gasteiger partial charge in [-0.3, -0.25) is 0 Å². The van der Waals surface area contributed by atoms with Gasteiger partial charge in [-0.05, 0) is 37.4 Å². The monoisotopic (exact) mass is 289 g/mol. The van der Waals surface area contributed by atoms with Crippen LogP contribution in [-0.2, 0) is 6.42 Å². The molecule has 20 heavy (non-hydrogen) atoms. The van der Waals surface area contributed by atoms with Gasteiger partial charge >= 0.3 is 6.18 Å². The van der Waals surface area contributed by atoms with Crippen LogP contribution < -0.4 is 5.32 Å². The zero-order valence-corrected chi connectivity index (χ0v) is 11.2. The first-order valence-electron chi connectivity index (χ1n) is 7.02. The molecule has 1 aliphatic rings. The van der Waals surface area contributed by atoms with Crippen LogP contribution in [-0.4, -0.2) is 18.8 Å². The lowest BCUT2D eigenvalue weighted by molar-refractivity contribution is -0.188. The summed E-state index contributed by atoms with van der Waals surface area (Å²) in [5, 5.41) is 2.97. The summed E-state index contributed by atoms with van der Waals surface area (Å²) in [4.78, 5) is 0. The van der Waals surface area contributed by atoms with Gasteiger partial charge in [0.15, 0.2) is 0 Å². The lowest BCUT2D eigenvalue weighted by Gasteiger charge is -2.33. The molecular weight excluding hydrogens is 270 g/mol. The van der Waals surface area contributed by atoms with Gasteiger partial charge in [0.25, 0.3) is 0 Å². The lowest BCUT2D eigenvalue weighted by atomic mass is 9.84. The van der Waals surface area contributed by atoms with E-state index in [1.54, 1.807) is 18.2 Å². The molecule has 2 atom stereocenters. The minimum absolute atomic E-state index is 0.195. The smallest absolute Gasteiger partial charge is 0.313 e. The first kappa shape index (κ1) is 15.3. The predicted molar refractivity (Wildman–Crippen MR) is 69.9 cm³/mol. The van der Waals surface area contributed by atoms with E-state index in [4.69, 9.17) is 0 Å². The van der Waals surface area contributed by atoms with E-state index in [-0.39, 0.29) is 12.2 Å². The summed E-state index contributed by atoms with van der Waals surface area (Å²) in [7, 11) is 0. The van der Waals surface area contributed by atoms with E-state index in [2.05, 4.69) is 5.32 Å². The van der Waals surface area contributed by atoms with Gasteiger partial charge in [0.1, 0.15) is 5.82 Å². The molecule has 0 spiro atoms. The molecule has 1 fully saturated rings. The molecule has 1 aromatic carbocycles. The number of hydrogen-bond acceptors (Lipinski definition) is 1. The summed E-state index contributed by atoms with van der Waals surface area (Å²) in [6, 6.07) is 5.84. The molecule has 1 N–H and O–H groups in total. The standard InChI is InChI=1S/C15H19F4N/c16-13-7-3-1-5-11(13)9-10-20-14-8-4-2-6-12(14)15(17,18)19/h1,3,5,7,12,14,20H,2,4,6,8-10H2. The number of benzene rings is 1. The van der Waals surface area contributed by atoms with Crippen LogP contribution in [0.15, 0.2) is 24.3 Å². The van der Waals surface area contributed by atoms with Crippen molar-refractivity contribution < 1.29 is 17.6 Å². The molecule has 0 bridgehead atoms. The summed E-state index contributed by atoms with van der Waals surface area (Å²) in [6.07, 6.45) is -1.54.